The van der Waals surface area contributed by atoms with E-state index in [9.17, 15) is 0 Å². The van der Waals surface area contributed by atoms with Gasteiger partial charge in [0.2, 0.25) is 5.89 Å². The minimum atomic E-state index is 0.280. The number of rotatable bonds is 8. The Morgan fingerprint density at radius 1 is 1.24 bits per heavy atom. The first-order valence-corrected chi connectivity index (χ1v) is 8.99. The van der Waals surface area contributed by atoms with Crippen molar-refractivity contribution in [1.82, 2.24) is 10.1 Å². The molecule has 1 aromatic heterocycles. The molecule has 0 spiro atoms. The standard InChI is InChI=1S/C19H29N5O/c1-5-14(4)15-8-10-16(11-9-15)22-19(20)21-12-6-7-17-23-18(13(2)3)24-25-17/h8-11,13-14H,5-7,12H2,1-4H3,(H3,20,21,22). The molecule has 0 bridgehead atoms. The summed E-state index contributed by atoms with van der Waals surface area (Å²) in [6.45, 7) is 9.12. The number of nitrogens with one attached hydrogen (secondary N) is 1. The summed E-state index contributed by atoms with van der Waals surface area (Å²) in [5, 5.41) is 7.07. The lowest BCUT2D eigenvalue weighted by molar-refractivity contribution is 0.369. The normalized spacial score (nSPS) is 13.2. The highest BCUT2D eigenvalue weighted by molar-refractivity contribution is 5.92. The number of aliphatic imine (C=N–C) groups is 1. The van der Waals surface area contributed by atoms with Crippen LogP contribution in [0.5, 0.6) is 0 Å². The van der Waals surface area contributed by atoms with E-state index in [1.54, 1.807) is 0 Å². The predicted octanol–water partition coefficient (Wildman–Crippen LogP) is 4.07. The highest BCUT2D eigenvalue weighted by atomic mass is 16.5. The van der Waals surface area contributed by atoms with Crippen LogP contribution in [0, 0.1) is 0 Å². The molecule has 2 rings (SSSR count). The molecular formula is C19H29N5O. The molecule has 1 unspecified atom stereocenters. The molecule has 0 saturated carbocycles. The van der Waals surface area contributed by atoms with Gasteiger partial charge in [-0.3, -0.25) is 4.99 Å². The zero-order valence-corrected chi connectivity index (χ0v) is 15.6. The van der Waals surface area contributed by atoms with E-state index >= 15 is 0 Å². The molecule has 0 fully saturated rings. The summed E-state index contributed by atoms with van der Waals surface area (Å²) in [6.07, 6.45) is 2.66. The molecular weight excluding hydrogens is 314 g/mol. The summed E-state index contributed by atoms with van der Waals surface area (Å²) < 4.78 is 5.21. The Labute approximate surface area is 149 Å². The summed E-state index contributed by atoms with van der Waals surface area (Å²) >= 11 is 0. The zero-order chi connectivity index (χ0) is 18.2. The third kappa shape index (κ3) is 5.89. The van der Waals surface area contributed by atoms with Crippen LogP contribution >= 0.6 is 0 Å². The molecule has 2 aromatic rings. The van der Waals surface area contributed by atoms with Crippen LogP contribution in [0.2, 0.25) is 0 Å². The number of benzene rings is 1. The molecule has 6 heteroatoms. The summed E-state index contributed by atoms with van der Waals surface area (Å²) in [5.74, 6) is 2.68. The van der Waals surface area contributed by atoms with Gasteiger partial charge < -0.3 is 15.6 Å². The van der Waals surface area contributed by atoms with E-state index in [1.165, 1.54) is 5.56 Å². The van der Waals surface area contributed by atoms with Crippen LogP contribution in [0.1, 0.15) is 69.7 Å². The third-order valence-electron chi connectivity index (χ3n) is 4.20. The fraction of sp³-hybridized carbons (Fsp3) is 0.526. The fourth-order valence-corrected chi connectivity index (χ4v) is 2.35. The Kier molecular flexibility index (Phi) is 6.98. The van der Waals surface area contributed by atoms with E-state index in [2.05, 4.69) is 46.4 Å². The second-order valence-corrected chi connectivity index (χ2v) is 6.63. The second-order valence-electron chi connectivity index (χ2n) is 6.63. The van der Waals surface area contributed by atoms with Crippen LogP contribution in [0.15, 0.2) is 33.8 Å². The number of hydrogen-bond donors (Lipinski definition) is 2. The molecule has 0 aliphatic carbocycles. The lowest BCUT2D eigenvalue weighted by atomic mass is 9.99. The van der Waals surface area contributed by atoms with Gasteiger partial charge in [0.05, 0.1) is 0 Å². The van der Waals surface area contributed by atoms with E-state index in [0.717, 1.165) is 24.4 Å². The van der Waals surface area contributed by atoms with E-state index < -0.39 is 0 Å². The molecule has 0 amide bonds. The van der Waals surface area contributed by atoms with Crippen molar-refractivity contribution in [3.63, 3.8) is 0 Å². The molecule has 0 aliphatic heterocycles. The van der Waals surface area contributed by atoms with E-state index in [1.807, 2.05) is 26.0 Å². The lowest BCUT2D eigenvalue weighted by Gasteiger charge is -2.10. The van der Waals surface area contributed by atoms with Gasteiger partial charge in [-0.2, -0.15) is 4.98 Å². The maximum Gasteiger partial charge on any atom is 0.226 e. The average Bonchev–Trinajstić information content (AvgIpc) is 3.08. The van der Waals surface area contributed by atoms with Crippen LogP contribution in [-0.4, -0.2) is 22.6 Å². The Balaban J connectivity index is 1.77. The van der Waals surface area contributed by atoms with Gasteiger partial charge >= 0.3 is 0 Å². The highest BCUT2D eigenvalue weighted by Gasteiger charge is 2.09. The topological polar surface area (TPSA) is 89.3 Å². The number of nitrogens with two attached hydrogens (primary N) is 1. The smallest absolute Gasteiger partial charge is 0.226 e. The third-order valence-corrected chi connectivity index (χ3v) is 4.20. The molecule has 25 heavy (non-hydrogen) atoms. The predicted molar refractivity (Wildman–Crippen MR) is 102 cm³/mol. The first kappa shape index (κ1) is 19.0. The first-order valence-electron chi connectivity index (χ1n) is 8.99. The summed E-state index contributed by atoms with van der Waals surface area (Å²) in [4.78, 5) is 8.69. The molecule has 6 nitrogen and oxygen atoms in total. The van der Waals surface area contributed by atoms with Crippen molar-refractivity contribution in [3.05, 3.63) is 41.5 Å². The lowest BCUT2D eigenvalue weighted by Crippen LogP contribution is -2.22. The van der Waals surface area contributed by atoms with Gasteiger partial charge in [0.1, 0.15) is 0 Å². The van der Waals surface area contributed by atoms with Gasteiger partial charge in [0, 0.05) is 24.6 Å². The number of anilines is 1. The van der Waals surface area contributed by atoms with Crippen molar-refractivity contribution in [2.45, 2.75) is 58.8 Å². The monoisotopic (exact) mass is 343 g/mol. The molecule has 136 valence electrons. The maximum atomic E-state index is 5.94. The molecule has 1 heterocycles. The molecule has 0 saturated heterocycles. The average molecular weight is 343 g/mol. The van der Waals surface area contributed by atoms with Crippen molar-refractivity contribution in [1.29, 1.82) is 0 Å². The number of guanidine groups is 1. The number of hydrogen-bond acceptors (Lipinski definition) is 4. The van der Waals surface area contributed by atoms with E-state index in [4.69, 9.17) is 10.3 Å². The number of aromatic nitrogens is 2. The summed E-state index contributed by atoms with van der Waals surface area (Å²) in [5.41, 5.74) is 8.23. The molecule has 0 radical (unpaired) electrons. The summed E-state index contributed by atoms with van der Waals surface area (Å²) in [6, 6.07) is 8.34. The highest BCUT2D eigenvalue weighted by Crippen LogP contribution is 2.20. The van der Waals surface area contributed by atoms with Crippen molar-refractivity contribution >= 4 is 11.6 Å². The molecule has 3 N–H and O–H groups in total. The Bertz CT molecular complexity index is 675. The summed E-state index contributed by atoms with van der Waals surface area (Å²) in [7, 11) is 0. The van der Waals surface area contributed by atoms with Gasteiger partial charge in [-0.1, -0.05) is 45.0 Å². The molecule has 1 aromatic carbocycles. The minimum Gasteiger partial charge on any atom is -0.370 e. The van der Waals surface area contributed by atoms with Crippen molar-refractivity contribution < 1.29 is 4.52 Å². The van der Waals surface area contributed by atoms with Gasteiger partial charge in [-0.15, -0.1) is 0 Å². The number of nitrogens with zero attached hydrogens (tertiary/aromatic N) is 3. The van der Waals surface area contributed by atoms with Gasteiger partial charge in [0.25, 0.3) is 0 Å². The Morgan fingerprint density at radius 3 is 2.56 bits per heavy atom. The van der Waals surface area contributed by atoms with Gasteiger partial charge in [-0.25, -0.2) is 0 Å². The van der Waals surface area contributed by atoms with Crippen LogP contribution in [-0.2, 0) is 6.42 Å². The van der Waals surface area contributed by atoms with Crippen LogP contribution in [0.3, 0.4) is 0 Å². The second kappa shape index (κ2) is 9.20. The van der Waals surface area contributed by atoms with E-state index in [0.29, 0.717) is 30.7 Å². The van der Waals surface area contributed by atoms with Gasteiger partial charge in [0.15, 0.2) is 11.8 Å². The Morgan fingerprint density at radius 2 is 1.96 bits per heavy atom. The molecule has 0 aliphatic rings. The maximum absolute atomic E-state index is 5.94. The van der Waals surface area contributed by atoms with Crippen LogP contribution in [0.4, 0.5) is 5.69 Å². The van der Waals surface area contributed by atoms with Crippen LogP contribution < -0.4 is 11.1 Å². The quantitative estimate of drug-likeness (QED) is 0.428. The zero-order valence-electron chi connectivity index (χ0n) is 15.6. The van der Waals surface area contributed by atoms with Crippen molar-refractivity contribution in [2.24, 2.45) is 10.7 Å². The SMILES string of the molecule is CCC(C)c1ccc(NC(N)=NCCCc2nc(C(C)C)no2)cc1. The van der Waals surface area contributed by atoms with Crippen molar-refractivity contribution in [2.75, 3.05) is 11.9 Å². The largest absolute Gasteiger partial charge is 0.370 e. The molecule has 1 atom stereocenters. The van der Waals surface area contributed by atoms with Crippen molar-refractivity contribution in [3.8, 4) is 0 Å². The fourth-order valence-electron chi connectivity index (χ4n) is 2.35. The first-order chi connectivity index (χ1) is 12.0. The number of aryl methyl sites for hydroxylation is 1. The van der Waals surface area contributed by atoms with E-state index in [-0.39, 0.29) is 5.92 Å². The Hall–Kier alpha value is -2.37. The van der Waals surface area contributed by atoms with Crippen LogP contribution in [0.25, 0.3) is 0 Å². The minimum absolute atomic E-state index is 0.280. The van der Waals surface area contributed by atoms with Gasteiger partial charge in [-0.05, 0) is 36.5 Å².